The number of hydrogen-bond acceptors (Lipinski definition) is 4. The fourth-order valence-electron chi connectivity index (χ4n) is 3.87. The number of rotatable bonds is 3. The van der Waals surface area contributed by atoms with Gasteiger partial charge in [-0.05, 0) is 37.0 Å². The van der Waals surface area contributed by atoms with Gasteiger partial charge in [0, 0.05) is 19.0 Å². The Kier molecular flexibility index (Phi) is 4.44. The molecule has 4 rings (SSSR count). The number of hydrazine groups is 1. The van der Waals surface area contributed by atoms with Gasteiger partial charge in [0.25, 0.3) is 0 Å². The first-order chi connectivity index (χ1) is 13.0. The molecular formula is C21H23FN4O. The van der Waals surface area contributed by atoms with E-state index in [0.29, 0.717) is 5.56 Å². The van der Waals surface area contributed by atoms with Crippen molar-refractivity contribution in [1.29, 1.82) is 0 Å². The second-order valence-corrected chi connectivity index (χ2v) is 7.25. The molecule has 2 unspecified atom stereocenters. The second kappa shape index (κ2) is 6.78. The van der Waals surface area contributed by atoms with Gasteiger partial charge >= 0.3 is 0 Å². The Labute approximate surface area is 158 Å². The van der Waals surface area contributed by atoms with Crippen LogP contribution in [0, 0.1) is 5.82 Å². The molecule has 6 heteroatoms. The third-order valence-corrected chi connectivity index (χ3v) is 5.38. The van der Waals surface area contributed by atoms with Crippen LogP contribution in [0.3, 0.4) is 0 Å². The molecule has 5 nitrogen and oxygen atoms in total. The summed E-state index contributed by atoms with van der Waals surface area (Å²) in [5, 5.41) is 0. The van der Waals surface area contributed by atoms with E-state index in [1.807, 2.05) is 42.2 Å². The van der Waals surface area contributed by atoms with Crippen molar-refractivity contribution in [2.45, 2.75) is 38.4 Å². The van der Waals surface area contributed by atoms with E-state index < -0.39 is 5.66 Å². The Morgan fingerprint density at radius 1 is 1.22 bits per heavy atom. The first-order valence-electron chi connectivity index (χ1n) is 9.23. The van der Waals surface area contributed by atoms with Crippen LogP contribution in [0.15, 0.2) is 53.5 Å². The highest BCUT2D eigenvalue weighted by Gasteiger charge is 2.38. The standard InChI is InChI=1S/C21H23FN4O/c1-14(27)26-13-5-8-19(26)20-23-21(2,25-24-20)16-11-9-15(10-12-16)17-6-3-4-7-18(17)22/h3-4,6-7,9-12,19,25H,5,8,13H2,1-2H3,(H,23,24). The summed E-state index contributed by atoms with van der Waals surface area (Å²) in [5.74, 6) is 0.635. The van der Waals surface area contributed by atoms with Crippen molar-refractivity contribution >= 4 is 11.7 Å². The van der Waals surface area contributed by atoms with Gasteiger partial charge in [-0.1, -0.05) is 42.5 Å². The van der Waals surface area contributed by atoms with E-state index in [-0.39, 0.29) is 17.8 Å². The number of halogens is 1. The summed E-state index contributed by atoms with van der Waals surface area (Å²) < 4.78 is 14.0. The third-order valence-electron chi connectivity index (χ3n) is 5.38. The lowest BCUT2D eigenvalue weighted by Crippen LogP contribution is -2.47. The maximum absolute atomic E-state index is 14.0. The summed E-state index contributed by atoms with van der Waals surface area (Å²) in [5.41, 5.74) is 8.16. The molecule has 0 bridgehead atoms. The zero-order valence-electron chi connectivity index (χ0n) is 15.5. The van der Waals surface area contributed by atoms with Gasteiger partial charge < -0.3 is 10.3 Å². The first kappa shape index (κ1) is 17.7. The largest absolute Gasteiger partial charge is 0.333 e. The molecule has 2 aromatic rings. The van der Waals surface area contributed by atoms with Crippen molar-refractivity contribution < 1.29 is 9.18 Å². The zero-order chi connectivity index (χ0) is 19.0. The molecule has 27 heavy (non-hydrogen) atoms. The number of benzene rings is 2. The van der Waals surface area contributed by atoms with Crippen LogP contribution in [0.1, 0.15) is 32.3 Å². The predicted molar refractivity (Wildman–Crippen MR) is 103 cm³/mol. The van der Waals surface area contributed by atoms with E-state index in [1.165, 1.54) is 6.07 Å². The Hall–Kier alpha value is -2.73. The maximum Gasteiger partial charge on any atom is 0.220 e. The Bertz CT molecular complexity index is 895. The number of nitrogens with one attached hydrogen (secondary N) is 2. The molecule has 0 saturated carbocycles. The molecule has 2 N–H and O–H groups in total. The molecule has 2 heterocycles. The first-order valence-corrected chi connectivity index (χ1v) is 9.23. The van der Waals surface area contributed by atoms with Crippen LogP contribution in [0.5, 0.6) is 0 Å². The van der Waals surface area contributed by atoms with Gasteiger partial charge in [-0.25, -0.2) is 14.8 Å². The summed E-state index contributed by atoms with van der Waals surface area (Å²) in [6.45, 7) is 4.36. The average Bonchev–Trinajstić information content (AvgIpc) is 3.30. The molecule has 1 fully saturated rings. The summed E-state index contributed by atoms with van der Waals surface area (Å²) in [6.07, 6.45) is 1.90. The van der Waals surface area contributed by atoms with Crippen LogP contribution < -0.4 is 10.9 Å². The number of amidine groups is 1. The Morgan fingerprint density at radius 3 is 2.67 bits per heavy atom. The van der Waals surface area contributed by atoms with E-state index >= 15 is 0 Å². The fraction of sp³-hybridized carbons (Fsp3) is 0.333. The minimum absolute atomic E-state index is 0.00508. The number of carbonyl (C=O) groups is 1. The van der Waals surface area contributed by atoms with Crippen LogP contribution in [0.4, 0.5) is 4.39 Å². The van der Waals surface area contributed by atoms with Gasteiger partial charge in [-0.15, -0.1) is 0 Å². The molecule has 140 valence electrons. The fourth-order valence-corrected chi connectivity index (χ4v) is 3.87. The lowest BCUT2D eigenvalue weighted by Gasteiger charge is -2.22. The minimum atomic E-state index is -0.631. The van der Waals surface area contributed by atoms with Gasteiger partial charge in [0.05, 0.1) is 6.04 Å². The predicted octanol–water partition coefficient (Wildman–Crippen LogP) is 3.18. The van der Waals surface area contributed by atoms with Crippen molar-refractivity contribution in [1.82, 2.24) is 15.8 Å². The molecule has 0 radical (unpaired) electrons. The highest BCUT2D eigenvalue weighted by Crippen LogP contribution is 2.30. The van der Waals surface area contributed by atoms with Crippen molar-refractivity contribution in [3.05, 3.63) is 59.9 Å². The summed E-state index contributed by atoms with van der Waals surface area (Å²) in [6, 6.07) is 14.5. The van der Waals surface area contributed by atoms with Crippen LogP contribution in [-0.2, 0) is 10.5 Å². The number of amides is 1. The molecule has 2 atom stereocenters. The number of carbonyl (C=O) groups excluding carboxylic acids is 1. The lowest BCUT2D eigenvalue weighted by molar-refractivity contribution is -0.128. The normalized spacial score (nSPS) is 24.6. The van der Waals surface area contributed by atoms with E-state index in [2.05, 4.69) is 10.9 Å². The molecular weight excluding hydrogens is 343 g/mol. The Morgan fingerprint density at radius 2 is 1.96 bits per heavy atom. The minimum Gasteiger partial charge on any atom is -0.333 e. The quantitative estimate of drug-likeness (QED) is 0.877. The smallest absolute Gasteiger partial charge is 0.220 e. The second-order valence-electron chi connectivity index (χ2n) is 7.25. The Balaban J connectivity index is 1.59. The maximum atomic E-state index is 14.0. The number of hydrogen-bond donors (Lipinski definition) is 2. The molecule has 1 saturated heterocycles. The van der Waals surface area contributed by atoms with Crippen LogP contribution in [0.25, 0.3) is 11.1 Å². The molecule has 0 spiro atoms. The van der Waals surface area contributed by atoms with Gasteiger partial charge in [-0.2, -0.15) is 0 Å². The number of likely N-dealkylation sites (tertiary alicyclic amines) is 1. The van der Waals surface area contributed by atoms with E-state index in [0.717, 1.165) is 36.3 Å². The van der Waals surface area contributed by atoms with Crippen LogP contribution >= 0.6 is 0 Å². The van der Waals surface area contributed by atoms with Gasteiger partial charge in [-0.3, -0.25) is 4.79 Å². The number of nitrogens with zero attached hydrogens (tertiary/aromatic N) is 2. The monoisotopic (exact) mass is 366 g/mol. The van der Waals surface area contributed by atoms with Gasteiger partial charge in [0.2, 0.25) is 5.91 Å². The third kappa shape index (κ3) is 3.21. The molecule has 2 aromatic carbocycles. The highest BCUT2D eigenvalue weighted by molar-refractivity contribution is 5.92. The van der Waals surface area contributed by atoms with Crippen molar-refractivity contribution in [3.8, 4) is 11.1 Å². The van der Waals surface area contributed by atoms with Crippen LogP contribution in [0.2, 0.25) is 0 Å². The molecule has 2 aliphatic rings. The van der Waals surface area contributed by atoms with E-state index in [9.17, 15) is 9.18 Å². The number of aliphatic imine (C=N–C) groups is 1. The van der Waals surface area contributed by atoms with E-state index in [4.69, 9.17) is 4.99 Å². The summed E-state index contributed by atoms with van der Waals surface area (Å²) in [7, 11) is 0. The average molecular weight is 366 g/mol. The molecule has 1 amide bonds. The van der Waals surface area contributed by atoms with Crippen LogP contribution in [-0.4, -0.2) is 29.2 Å². The lowest BCUT2D eigenvalue weighted by atomic mass is 9.98. The topological polar surface area (TPSA) is 56.7 Å². The zero-order valence-corrected chi connectivity index (χ0v) is 15.5. The molecule has 2 aliphatic heterocycles. The van der Waals surface area contributed by atoms with Crippen molar-refractivity contribution in [2.75, 3.05) is 6.54 Å². The highest BCUT2D eigenvalue weighted by atomic mass is 19.1. The van der Waals surface area contributed by atoms with Gasteiger partial charge in [0.15, 0.2) is 5.66 Å². The summed E-state index contributed by atoms with van der Waals surface area (Å²) >= 11 is 0. The van der Waals surface area contributed by atoms with Crippen molar-refractivity contribution in [2.24, 2.45) is 4.99 Å². The molecule has 0 aromatic heterocycles. The van der Waals surface area contributed by atoms with Gasteiger partial charge in [0.1, 0.15) is 11.7 Å². The van der Waals surface area contributed by atoms with Crippen molar-refractivity contribution in [3.63, 3.8) is 0 Å². The molecule has 0 aliphatic carbocycles. The van der Waals surface area contributed by atoms with E-state index in [1.54, 1.807) is 19.1 Å². The SMILES string of the molecule is CC(=O)N1CCCC1C1=NC(C)(c2ccc(-c3ccccc3F)cc2)NN1. The summed E-state index contributed by atoms with van der Waals surface area (Å²) in [4.78, 5) is 18.5.